The SMILES string of the molecule is O=C(Cc1noc(CC2CCCNCC2)n1)NC1CCCCC1. The largest absolute Gasteiger partial charge is 0.353 e. The van der Waals surface area contributed by atoms with Gasteiger partial charge in [0.2, 0.25) is 11.8 Å². The Balaban J connectivity index is 1.45. The van der Waals surface area contributed by atoms with Crippen LogP contribution in [0.2, 0.25) is 0 Å². The zero-order valence-electron chi connectivity index (χ0n) is 13.9. The number of carbonyl (C=O) groups excluding carboxylic acids is 1. The third kappa shape index (κ3) is 5.30. The zero-order chi connectivity index (χ0) is 15.9. The Labute approximate surface area is 137 Å². The maximum atomic E-state index is 12.1. The normalized spacial score (nSPS) is 23.4. The second kappa shape index (κ2) is 8.43. The van der Waals surface area contributed by atoms with Crippen molar-refractivity contribution in [3.05, 3.63) is 11.7 Å². The van der Waals surface area contributed by atoms with E-state index in [1.165, 1.54) is 32.1 Å². The molecule has 0 spiro atoms. The van der Waals surface area contributed by atoms with Crippen LogP contribution in [0.25, 0.3) is 0 Å². The molecule has 1 saturated heterocycles. The molecule has 23 heavy (non-hydrogen) atoms. The second-order valence-corrected chi connectivity index (χ2v) is 6.93. The molecule has 128 valence electrons. The van der Waals surface area contributed by atoms with Crippen LogP contribution in [0.3, 0.4) is 0 Å². The molecule has 0 bridgehead atoms. The highest BCUT2D eigenvalue weighted by molar-refractivity contribution is 5.78. The predicted molar refractivity (Wildman–Crippen MR) is 86.9 cm³/mol. The van der Waals surface area contributed by atoms with Crippen LogP contribution < -0.4 is 10.6 Å². The maximum Gasteiger partial charge on any atom is 0.228 e. The van der Waals surface area contributed by atoms with E-state index in [0.29, 0.717) is 23.7 Å². The van der Waals surface area contributed by atoms with E-state index < -0.39 is 0 Å². The van der Waals surface area contributed by atoms with E-state index in [4.69, 9.17) is 4.52 Å². The molecular formula is C17H28N4O2. The van der Waals surface area contributed by atoms with Gasteiger partial charge in [-0.15, -0.1) is 0 Å². The summed E-state index contributed by atoms with van der Waals surface area (Å²) in [6.07, 6.45) is 10.5. The number of aromatic nitrogens is 2. The van der Waals surface area contributed by atoms with Crippen LogP contribution in [0.5, 0.6) is 0 Å². The summed E-state index contributed by atoms with van der Waals surface area (Å²) in [6.45, 7) is 2.17. The molecule has 3 rings (SSSR count). The lowest BCUT2D eigenvalue weighted by Crippen LogP contribution is -2.37. The fourth-order valence-corrected chi connectivity index (χ4v) is 3.66. The molecule has 1 unspecified atom stereocenters. The molecule has 2 aliphatic rings. The third-order valence-corrected chi connectivity index (χ3v) is 4.96. The fraction of sp³-hybridized carbons (Fsp3) is 0.824. The van der Waals surface area contributed by atoms with E-state index in [1.807, 2.05) is 0 Å². The first-order valence-electron chi connectivity index (χ1n) is 9.11. The molecule has 1 aromatic rings. The molecule has 1 atom stereocenters. The lowest BCUT2D eigenvalue weighted by atomic mass is 9.95. The first-order chi connectivity index (χ1) is 11.3. The molecule has 1 aromatic heterocycles. The monoisotopic (exact) mass is 320 g/mol. The molecule has 1 amide bonds. The molecule has 1 saturated carbocycles. The van der Waals surface area contributed by atoms with Crippen LogP contribution in [-0.2, 0) is 17.6 Å². The molecule has 6 heteroatoms. The van der Waals surface area contributed by atoms with E-state index >= 15 is 0 Å². The van der Waals surface area contributed by atoms with Crippen LogP contribution in [0.15, 0.2) is 4.52 Å². The van der Waals surface area contributed by atoms with E-state index in [0.717, 1.165) is 38.8 Å². The highest BCUT2D eigenvalue weighted by Gasteiger charge is 2.19. The summed E-state index contributed by atoms with van der Waals surface area (Å²) in [7, 11) is 0. The van der Waals surface area contributed by atoms with Crippen molar-refractivity contribution in [2.45, 2.75) is 70.3 Å². The summed E-state index contributed by atoms with van der Waals surface area (Å²) in [5.41, 5.74) is 0. The standard InChI is InChI=1S/C17H28N4O2/c22-16(19-14-6-2-1-3-7-14)12-15-20-17(23-21-15)11-13-5-4-9-18-10-8-13/h13-14,18H,1-12H2,(H,19,22). The Bertz CT molecular complexity index is 489. The average molecular weight is 320 g/mol. The first-order valence-corrected chi connectivity index (χ1v) is 9.11. The minimum Gasteiger partial charge on any atom is -0.353 e. The van der Waals surface area contributed by atoms with E-state index in [2.05, 4.69) is 20.8 Å². The third-order valence-electron chi connectivity index (χ3n) is 4.96. The fourth-order valence-electron chi connectivity index (χ4n) is 3.66. The Morgan fingerprint density at radius 2 is 2.00 bits per heavy atom. The van der Waals surface area contributed by atoms with Gasteiger partial charge in [0, 0.05) is 12.5 Å². The number of nitrogens with zero attached hydrogens (tertiary/aromatic N) is 2. The van der Waals surface area contributed by atoms with Crippen LogP contribution in [0, 0.1) is 5.92 Å². The summed E-state index contributed by atoms with van der Waals surface area (Å²) in [6, 6.07) is 0.334. The molecule has 1 aliphatic carbocycles. The van der Waals surface area contributed by atoms with Gasteiger partial charge in [0.05, 0.1) is 6.42 Å². The van der Waals surface area contributed by atoms with Crippen molar-refractivity contribution < 1.29 is 9.32 Å². The van der Waals surface area contributed by atoms with Crippen LogP contribution in [-0.4, -0.2) is 35.2 Å². The summed E-state index contributed by atoms with van der Waals surface area (Å²) in [5, 5.41) is 10.5. The molecule has 0 aromatic carbocycles. The Hall–Kier alpha value is -1.43. The first kappa shape index (κ1) is 16.4. The Morgan fingerprint density at radius 1 is 1.13 bits per heavy atom. The van der Waals surface area contributed by atoms with Gasteiger partial charge < -0.3 is 15.2 Å². The molecule has 2 fully saturated rings. The van der Waals surface area contributed by atoms with Crippen LogP contribution in [0.4, 0.5) is 0 Å². The van der Waals surface area contributed by atoms with Gasteiger partial charge in [-0.3, -0.25) is 4.79 Å². The van der Waals surface area contributed by atoms with Crippen LogP contribution >= 0.6 is 0 Å². The van der Waals surface area contributed by atoms with Crippen molar-refractivity contribution in [2.75, 3.05) is 13.1 Å². The van der Waals surface area contributed by atoms with E-state index in [9.17, 15) is 4.79 Å². The topological polar surface area (TPSA) is 80.1 Å². The molecule has 6 nitrogen and oxygen atoms in total. The van der Waals surface area contributed by atoms with Crippen molar-refractivity contribution in [3.8, 4) is 0 Å². The van der Waals surface area contributed by atoms with Gasteiger partial charge in [-0.25, -0.2) is 0 Å². The zero-order valence-corrected chi connectivity index (χ0v) is 13.9. The Kier molecular flexibility index (Phi) is 6.02. The van der Waals surface area contributed by atoms with Gasteiger partial charge in [-0.05, 0) is 51.1 Å². The average Bonchev–Trinajstić information content (AvgIpc) is 2.81. The second-order valence-electron chi connectivity index (χ2n) is 6.93. The summed E-state index contributed by atoms with van der Waals surface area (Å²) < 4.78 is 5.34. The summed E-state index contributed by atoms with van der Waals surface area (Å²) >= 11 is 0. The van der Waals surface area contributed by atoms with Crippen molar-refractivity contribution >= 4 is 5.91 Å². The minimum atomic E-state index is 0.0166. The highest BCUT2D eigenvalue weighted by Crippen LogP contribution is 2.19. The van der Waals surface area contributed by atoms with Gasteiger partial charge in [0.1, 0.15) is 0 Å². The lowest BCUT2D eigenvalue weighted by molar-refractivity contribution is -0.121. The van der Waals surface area contributed by atoms with E-state index in [1.54, 1.807) is 0 Å². The van der Waals surface area contributed by atoms with Gasteiger partial charge >= 0.3 is 0 Å². The van der Waals surface area contributed by atoms with Crippen molar-refractivity contribution in [3.63, 3.8) is 0 Å². The highest BCUT2D eigenvalue weighted by atomic mass is 16.5. The lowest BCUT2D eigenvalue weighted by Gasteiger charge is -2.22. The van der Waals surface area contributed by atoms with E-state index in [-0.39, 0.29) is 12.3 Å². The maximum absolute atomic E-state index is 12.1. The smallest absolute Gasteiger partial charge is 0.228 e. The molecule has 0 radical (unpaired) electrons. The molecular weight excluding hydrogens is 292 g/mol. The van der Waals surface area contributed by atoms with Gasteiger partial charge in [-0.2, -0.15) is 4.98 Å². The molecule has 2 heterocycles. The van der Waals surface area contributed by atoms with Gasteiger partial charge in [0.25, 0.3) is 0 Å². The number of hydrogen-bond acceptors (Lipinski definition) is 5. The van der Waals surface area contributed by atoms with Crippen molar-refractivity contribution in [2.24, 2.45) is 5.92 Å². The number of hydrogen-bond donors (Lipinski definition) is 2. The minimum absolute atomic E-state index is 0.0166. The summed E-state index contributed by atoms with van der Waals surface area (Å²) in [4.78, 5) is 16.5. The van der Waals surface area contributed by atoms with Gasteiger partial charge in [-0.1, -0.05) is 24.4 Å². The number of nitrogens with one attached hydrogen (secondary N) is 2. The quantitative estimate of drug-likeness (QED) is 0.867. The predicted octanol–water partition coefficient (Wildman–Crippen LogP) is 1.99. The number of amides is 1. The van der Waals surface area contributed by atoms with Crippen molar-refractivity contribution in [1.29, 1.82) is 0 Å². The van der Waals surface area contributed by atoms with Crippen LogP contribution in [0.1, 0.15) is 63.1 Å². The Morgan fingerprint density at radius 3 is 2.87 bits per heavy atom. The summed E-state index contributed by atoms with van der Waals surface area (Å²) in [5.74, 6) is 1.81. The van der Waals surface area contributed by atoms with Gasteiger partial charge in [0.15, 0.2) is 5.82 Å². The number of carbonyl (C=O) groups is 1. The van der Waals surface area contributed by atoms with Crippen molar-refractivity contribution in [1.82, 2.24) is 20.8 Å². The molecule has 2 N–H and O–H groups in total. The number of rotatable bonds is 5. The molecule has 1 aliphatic heterocycles.